The maximum absolute atomic E-state index is 12.3. The van der Waals surface area contributed by atoms with E-state index in [1.165, 1.54) is 4.31 Å². The molecule has 0 aliphatic rings. The first-order chi connectivity index (χ1) is 17.9. The lowest BCUT2D eigenvalue weighted by molar-refractivity contribution is 0.558. The Labute approximate surface area is 219 Å². The van der Waals surface area contributed by atoms with E-state index in [2.05, 4.69) is 41.6 Å². The van der Waals surface area contributed by atoms with Gasteiger partial charge in [-0.2, -0.15) is 0 Å². The van der Waals surface area contributed by atoms with Gasteiger partial charge in [-0.3, -0.25) is 13.8 Å². The summed E-state index contributed by atoms with van der Waals surface area (Å²) in [6, 6.07) is 21.9. The highest BCUT2D eigenvalue weighted by atomic mass is 32.2. The van der Waals surface area contributed by atoms with E-state index in [1.807, 2.05) is 55.5 Å². The second-order valence-electron chi connectivity index (χ2n) is 9.06. The lowest BCUT2D eigenvalue weighted by Crippen LogP contribution is -2.25. The Morgan fingerprint density at radius 1 is 0.973 bits per heavy atom. The molecule has 3 aromatic heterocycles. The molecule has 0 aliphatic carbocycles. The van der Waals surface area contributed by atoms with Crippen molar-refractivity contribution in [1.82, 2.24) is 19.5 Å². The maximum Gasteiger partial charge on any atom is 0.262 e. The summed E-state index contributed by atoms with van der Waals surface area (Å²) in [4.78, 5) is 13.9. The zero-order valence-electron chi connectivity index (χ0n) is 21.1. The number of rotatable bonds is 8. The number of aromatic nitrogens is 4. The van der Waals surface area contributed by atoms with Gasteiger partial charge in [0.25, 0.3) is 11.3 Å². The van der Waals surface area contributed by atoms with Gasteiger partial charge in [0.05, 0.1) is 25.0 Å². The average molecular weight is 512 g/mol. The fraction of sp³-hybridized carbons (Fsp3) is 0.207. The summed E-state index contributed by atoms with van der Waals surface area (Å²) in [5.74, 6) is 1.01. The second kappa shape index (κ2) is 10.6. The summed E-state index contributed by atoms with van der Waals surface area (Å²) in [6.07, 6.45) is 4.17. The van der Waals surface area contributed by atoms with Crippen LogP contribution in [0.2, 0.25) is 0 Å². The third-order valence-corrected chi connectivity index (χ3v) is 7.15. The van der Waals surface area contributed by atoms with Gasteiger partial charge in [-0.1, -0.05) is 61.5 Å². The molecule has 0 bridgehead atoms. The van der Waals surface area contributed by atoms with Crippen molar-refractivity contribution in [2.75, 3.05) is 4.31 Å². The number of nitrogens with zero attached hydrogens (tertiary/aromatic N) is 5. The fourth-order valence-corrected chi connectivity index (χ4v) is 5.23. The van der Waals surface area contributed by atoms with Crippen LogP contribution in [0.3, 0.4) is 0 Å². The Bertz CT molecular complexity index is 1570. The van der Waals surface area contributed by atoms with Gasteiger partial charge in [-0.05, 0) is 48.2 Å². The van der Waals surface area contributed by atoms with Crippen LogP contribution in [0.5, 0.6) is 0 Å². The normalized spacial score (nSPS) is 12.1. The Morgan fingerprint density at radius 3 is 2.43 bits per heavy atom. The summed E-state index contributed by atoms with van der Waals surface area (Å²) in [5.41, 5.74) is 8.44. The number of hydrogen-bond donors (Lipinski definition) is 1. The molecular weight excluding hydrogens is 482 g/mol. The smallest absolute Gasteiger partial charge is 0.262 e. The van der Waals surface area contributed by atoms with Crippen molar-refractivity contribution in [1.29, 1.82) is 0 Å². The quantitative estimate of drug-likeness (QED) is 0.264. The molecule has 0 fully saturated rings. The highest BCUT2D eigenvalue weighted by molar-refractivity contribution is 7.80. The first-order valence-electron chi connectivity index (χ1n) is 12.2. The molecule has 8 heteroatoms. The van der Waals surface area contributed by atoms with Crippen LogP contribution < -0.4 is 4.31 Å². The molecule has 188 valence electrons. The van der Waals surface area contributed by atoms with Crippen LogP contribution in [-0.2, 0) is 30.8 Å². The fourth-order valence-electron chi connectivity index (χ4n) is 4.66. The van der Waals surface area contributed by atoms with Gasteiger partial charge in [0.15, 0.2) is 5.65 Å². The molecular formula is C29H29N5O2S. The molecule has 0 saturated carbocycles. The van der Waals surface area contributed by atoms with Crippen LogP contribution in [0.4, 0.5) is 5.69 Å². The Balaban J connectivity index is 1.47. The van der Waals surface area contributed by atoms with Gasteiger partial charge >= 0.3 is 0 Å². The third kappa shape index (κ3) is 5.16. The molecule has 1 N–H and O–H groups in total. The van der Waals surface area contributed by atoms with Crippen molar-refractivity contribution < 1.29 is 8.76 Å². The summed E-state index contributed by atoms with van der Waals surface area (Å²) in [5, 5.41) is 0. The van der Waals surface area contributed by atoms with Crippen molar-refractivity contribution in [2.24, 2.45) is 0 Å². The van der Waals surface area contributed by atoms with Crippen molar-refractivity contribution in [3.63, 3.8) is 0 Å². The molecule has 1 unspecified atom stereocenters. The molecule has 1 atom stereocenters. The highest BCUT2D eigenvalue weighted by Crippen LogP contribution is 2.32. The third-order valence-electron chi connectivity index (χ3n) is 6.45. The van der Waals surface area contributed by atoms with E-state index in [4.69, 9.17) is 9.97 Å². The molecule has 5 rings (SSSR count). The lowest BCUT2D eigenvalue weighted by atomic mass is 10.0. The van der Waals surface area contributed by atoms with Crippen molar-refractivity contribution in [3.05, 3.63) is 107 Å². The molecule has 2 aromatic carbocycles. The molecule has 0 radical (unpaired) electrons. The number of anilines is 1. The van der Waals surface area contributed by atoms with Crippen molar-refractivity contribution in [3.8, 4) is 11.1 Å². The van der Waals surface area contributed by atoms with Crippen LogP contribution in [0.15, 0.2) is 79.1 Å². The summed E-state index contributed by atoms with van der Waals surface area (Å²) in [6.45, 7) is 7.16. The predicted molar refractivity (Wildman–Crippen MR) is 149 cm³/mol. The molecule has 0 spiro atoms. The Kier molecular flexibility index (Phi) is 7.12. The minimum Gasteiger partial charge on any atom is -0.308 e. The number of imidazole rings is 1. The predicted octanol–water partition coefficient (Wildman–Crippen LogP) is 5.86. The van der Waals surface area contributed by atoms with Crippen LogP contribution in [0, 0.1) is 13.8 Å². The number of pyridine rings is 2. The van der Waals surface area contributed by atoms with Crippen LogP contribution in [0.1, 0.15) is 35.1 Å². The number of fused-ring (bicyclic) bond motifs is 1. The van der Waals surface area contributed by atoms with Gasteiger partial charge in [-0.25, -0.2) is 14.2 Å². The van der Waals surface area contributed by atoms with E-state index in [-0.39, 0.29) is 0 Å². The topological polar surface area (TPSA) is 84.1 Å². The van der Waals surface area contributed by atoms with Crippen LogP contribution >= 0.6 is 0 Å². The van der Waals surface area contributed by atoms with E-state index in [0.717, 1.165) is 56.9 Å². The molecule has 37 heavy (non-hydrogen) atoms. The molecule has 7 nitrogen and oxygen atoms in total. The number of benzene rings is 2. The van der Waals surface area contributed by atoms with Crippen molar-refractivity contribution >= 4 is 28.1 Å². The summed E-state index contributed by atoms with van der Waals surface area (Å²) in [7, 11) is 0. The van der Waals surface area contributed by atoms with E-state index in [9.17, 15) is 8.76 Å². The zero-order valence-corrected chi connectivity index (χ0v) is 21.9. The second-order valence-corrected chi connectivity index (χ2v) is 9.97. The first kappa shape index (κ1) is 24.8. The van der Waals surface area contributed by atoms with E-state index in [0.29, 0.717) is 18.8 Å². The van der Waals surface area contributed by atoms with Crippen LogP contribution in [0.25, 0.3) is 22.3 Å². The standard InChI is InChI=1S/C29H29N5O2S/c1-4-27-32-28-20(2)16-21(3)31-29(28)33(27)18-23-10-12-24(13-11-23)25-14-15-30-17-26(25)34(37(35)36)19-22-8-6-5-7-9-22/h5-17H,4,18-19H2,1-3H3,(H,35,36). The average Bonchev–Trinajstić information content (AvgIpc) is 3.26. The van der Waals surface area contributed by atoms with Gasteiger partial charge in [0.2, 0.25) is 0 Å². The lowest BCUT2D eigenvalue weighted by Gasteiger charge is -2.22. The van der Waals surface area contributed by atoms with Gasteiger partial charge < -0.3 is 4.57 Å². The summed E-state index contributed by atoms with van der Waals surface area (Å²) < 4.78 is 26.1. The first-order valence-corrected chi connectivity index (χ1v) is 13.3. The van der Waals surface area contributed by atoms with Crippen molar-refractivity contribution in [2.45, 2.75) is 40.3 Å². The molecule has 0 saturated heterocycles. The number of aryl methyl sites for hydroxylation is 3. The zero-order chi connectivity index (χ0) is 25.9. The minimum absolute atomic E-state index is 0.292. The summed E-state index contributed by atoms with van der Waals surface area (Å²) >= 11 is -2.21. The highest BCUT2D eigenvalue weighted by Gasteiger charge is 2.19. The van der Waals surface area contributed by atoms with E-state index < -0.39 is 11.3 Å². The molecule has 0 amide bonds. The molecule has 0 aliphatic heterocycles. The molecule has 3 heterocycles. The van der Waals surface area contributed by atoms with Gasteiger partial charge in [-0.15, -0.1) is 0 Å². The van der Waals surface area contributed by atoms with Gasteiger partial charge in [0.1, 0.15) is 11.3 Å². The largest absolute Gasteiger partial charge is 0.308 e. The van der Waals surface area contributed by atoms with Crippen LogP contribution in [-0.4, -0.2) is 28.3 Å². The SMILES string of the molecule is CCc1nc2c(C)cc(C)nc2n1Cc1ccc(-c2ccncc2N(Cc2ccccc2)S(=O)O)cc1. The number of hydrogen-bond acceptors (Lipinski definition) is 4. The van der Waals surface area contributed by atoms with Gasteiger partial charge in [0, 0.05) is 23.9 Å². The van der Waals surface area contributed by atoms with E-state index >= 15 is 0 Å². The Morgan fingerprint density at radius 2 is 1.73 bits per heavy atom. The minimum atomic E-state index is -2.21. The molecule has 5 aromatic rings. The maximum atomic E-state index is 12.3. The monoisotopic (exact) mass is 511 g/mol. The Hall–Kier alpha value is -3.88. The van der Waals surface area contributed by atoms with E-state index in [1.54, 1.807) is 12.4 Å².